The van der Waals surface area contributed by atoms with Crippen molar-refractivity contribution in [2.24, 2.45) is 0 Å². The molecule has 1 fully saturated rings. The molecule has 3 rings (SSSR count). The van der Waals surface area contributed by atoms with Crippen LogP contribution in [0.1, 0.15) is 5.56 Å². The molecule has 0 aromatic heterocycles. The SMILES string of the molecule is N#Cc1ccc(S(=O)(=O)N2CC(Oc3ccc(Cl)cc3)[C@](O)(CO)C2)c(Cl)c1. The lowest BCUT2D eigenvalue weighted by atomic mass is 10.0. The number of nitrogens with zero attached hydrogens (tertiary/aromatic N) is 2. The molecule has 7 nitrogen and oxygen atoms in total. The fraction of sp³-hybridized carbons (Fsp3) is 0.278. The number of ether oxygens (including phenoxy) is 1. The minimum absolute atomic E-state index is 0.103. The van der Waals surface area contributed by atoms with Crippen LogP contribution in [0.3, 0.4) is 0 Å². The Labute approximate surface area is 172 Å². The van der Waals surface area contributed by atoms with E-state index in [1.54, 1.807) is 24.3 Å². The highest BCUT2D eigenvalue weighted by molar-refractivity contribution is 7.89. The Morgan fingerprint density at radius 3 is 2.50 bits per heavy atom. The second-order valence-electron chi connectivity index (χ2n) is 6.38. The number of nitriles is 1. The zero-order valence-corrected chi connectivity index (χ0v) is 16.7. The van der Waals surface area contributed by atoms with Gasteiger partial charge in [-0.25, -0.2) is 8.42 Å². The smallest absolute Gasteiger partial charge is 0.244 e. The summed E-state index contributed by atoms with van der Waals surface area (Å²) in [7, 11) is -4.09. The number of hydrogen-bond acceptors (Lipinski definition) is 6. The molecule has 1 aliphatic rings. The lowest BCUT2D eigenvalue weighted by Gasteiger charge is -2.27. The fourth-order valence-electron chi connectivity index (χ4n) is 2.90. The minimum Gasteiger partial charge on any atom is -0.486 e. The van der Waals surface area contributed by atoms with Crippen LogP contribution in [0.25, 0.3) is 0 Å². The number of aliphatic hydroxyl groups is 2. The van der Waals surface area contributed by atoms with Gasteiger partial charge in [-0.15, -0.1) is 0 Å². The average Bonchev–Trinajstić information content (AvgIpc) is 3.01. The summed E-state index contributed by atoms with van der Waals surface area (Å²) in [6.07, 6.45) is -1.01. The van der Waals surface area contributed by atoms with Gasteiger partial charge in [0.05, 0.1) is 29.8 Å². The van der Waals surface area contributed by atoms with Crippen molar-refractivity contribution in [2.75, 3.05) is 19.7 Å². The van der Waals surface area contributed by atoms with Crippen LogP contribution in [-0.2, 0) is 10.0 Å². The summed E-state index contributed by atoms with van der Waals surface area (Å²) in [5, 5.41) is 29.7. The third-order valence-corrected chi connectivity index (χ3v) is 7.01. The van der Waals surface area contributed by atoms with Crippen LogP contribution in [0, 0.1) is 11.3 Å². The molecule has 1 heterocycles. The quantitative estimate of drug-likeness (QED) is 0.732. The van der Waals surface area contributed by atoms with E-state index in [1.807, 2.05) is 6.07 Å². The molecule has 0 saturated carbocycles. The van der Waals surface area contributed by atoms with E-state index in [-0.39, 0.29) is 28.6 Å². The van der Waals surface area contributed by atoms with Crippen molar-refractivity contribution in [1.29, 1.82) is 5.26 Å². The topological polar surface area (TPSA) is 111 Å². The lowest BCUT2D eigenvalue weighted by molar-refractivity contribution is -0.0640. The molecule has 0 radical (unpaired) electrons. The Hall–Kier alpha value is -1.86. The average molecular weight is 443 g/mol. The standard InChI is InChI=1S/C18H16Cl2N2O5S/c19-13-2-4-14(5-3-13)27-17-9-22(10-18(17,24)11-23)28(25,26)16-6-1-12(8-21)7-15(16)20/h1-7,17,23-24H,9-11H2/t17?,18-/m1/s1. The van der Waals surface area contributed by atoms with Gasteiger partial charge in [-0.3, -0.25) is 0 Å². The molecular formula is C18H16Cl2N2O5S. The maximum Gasteiger partial charge on any atom is 0.244 e. The summed E-state index contributed by atoms with van der Waals surface area (Å²) in [5.41, 5.74) is -1.58. The molecule has 1 saturated heterocycles. The molecule has 1 aliphatic heterocycles. The van der Waals surface area contributed by atoms with Crippen molar-refractivity contribution in [3.63, 3.8) is 0 Å². The van der Waals surface area contributed by atoms with Crippen LogP contribution < -0.4 is 4.74 Å². The van der Waals surface area contributed by atoms with Crippen molar-refractivity contribution in [3.8, 4) is 11.8 Å². The first-order chi connectivity index (χ1) is 13.2. The Bertz CT molecular complexity index is 1020. The molecular weight excluding hydrogens is 427 g/mol. The van der Waals surface area contributed by atoms with Gasteiger partial charge in [0.2, 0.25) is 10.0 Å². The van der Waals surface area contributed by atoms with E-state index in [0.29, 0.717) is 10.8 Å². The molecule has 0 bridgehead atoms. The van der Waals surface area contributed by atoms with Gasteiger partial charge in [-0.2, -0.15) is 9.57 Å². The molecule has 0 spiro atoms. The summed E-state index contributed by atoms with van der Waals surface area (Å²) >= 11 is 11.9. The van der Waals surface area contributed by atoms with Crippen LogP contribution in [0.4, 0.5) is 0 Å². The van der Waals surface area contributed by atoms with Gasteiger partial charge < -0.3 is 14.9 Å². The second kappa shape index (κ2) is 7.87. The van der Waals surface area contributed by atoms with Crippen LogP contribution >= 0.6 is 23.2 Å². The Morgan fingerprint density at radius 1 is 1.25 bits per heavy atom. The summed E-state index contributed by atoms with van der Waals surface area (Å²) in [5.74, 6) is 0.372. The zero-order chi connectivity index (χ0) is 20.5. The maximum absolute atomic E-state index is 13.0. The fourth-order valence-corrected chi connectivity index (χ4v) is 5.05. The molecule has 10 heteroatoms. The summed E-state index contributed by atoms with van der Waals surface area (Å²) in [6, 6.07) is 12.1. The largest absolute Gasteiger partial charge is 0.486 e. The van der Waals surface area contributed by atoms with E-state index >= 15 is 0 Å². The molecule has 2 atom stereocenters. The number of sulfonamides is 1. The molecule has 2 aromatic carbocycles. The first kappa shape index (κ1) is 20.9. The van der Waals surface area contributed by atoms with E-state index in [2.05, 4.69) is 0 Å². The minimum atomic E-state index is -4.09. The van der Waals surface area contributed by atoms with Crippen molar-refractivity contribution in [3.05, 3.63) is 58.1 Å². The third-order valence-electron chi connectivity index (χ3n) is 4.46. The van der Waals surface area contributed by atoms with Crippen LogP contribution in [0.15, 0.2) is 47.4 Å². The first-order valence-corrected chi connectivity index (χ1v) is 10.3. The normalized spacial score (nSPS) is 22.8. The van der Waals surface area contributed by atoms with Gasteiger partial charge in [0, 0.05) is 11.6 Å². The van der Waals surface area contributed by atoms with Crippen molar-refractivity contribution < 1.29 is 23.4 Å². The van der Waals surface area contributed by atoms with Gasteiger partial charge in [-0.05, 0) is 42.5 Å². The highest BCUT2D eigenvalue weighted by Crippen LogP contribution is 2.33. The van der Waals surface area contributed by atoms with Crippen molar-refractivity contribution >= 4 is 33.2 Å². The van der Waals surface area contributed by atoms with Gasteiger partial charge in [0.1, 0.15) is 22.4 Å². The molecule has 0 aliphatic carbocycles. The number of halogens is 2. The van der Waals surface area contributed by atoms with E-state index in [1.165, 1.54) is 18.2 Å². The monoisotopic (exact) mass is 442 g/mol. The van der Waals surface area contributed by atoms with Gasteiger partial charge >= 0.3 is 0 Å². The number of benzene rings is 2. The predicted molar refractivity (Wildman–Crippen MR) is 103 cm³/mol. The molecule has 148 valence electrons. The number of β-amino-alcohol motifs (C(OH)–C–C–N with tert-alkyl or cyclic N) is 1. The second-order valence-corrected chi connectivity index (χ2v) is 9.13. The maximum atomic E-state index is 13.0. The van der Waals surface area contributed by atoms with E-state index in [4.69, 9.17) is 33.2 Å². The highest BCUT2D eigenvalue weighted by Gasteiger charge is 2.51. The van der Waals surface area contributed by atoms with Crippen LogP contribution in [0.5, 0.6) is 5.75 Å². The summed E-state index contributed by atoms with van der Waals surface area (Å²) in [6.45, 7) is -1.27. The first-order valence-electron chi connectivity index (χ1n) is 8.15. The molecule has 0 amide bonds. The van der Waals surface area contributed by atoms with Gasteiger partial charge in [-0.1, -0.05) is 23.2 Å². The molecule has 1 unspecified atom stereocenters. The van der Waals surface area contributed by atoms with Crippen molar-refractivity contribution in [2.45, 2.75) is 16.6 Å². The van der Waals surface area contributed by atoms with Gasteiger partial charge in [0.15, 0.2) is 0 Å². The Morgan fingerprint density at radius 2 is 1.93 bits per heavy atom. The van der Waals surface area contributed by atoms with Crippen LogP contribution in [-0.4, -0.2) is 54.3 Å². The van der Waals surface area contributed by atoms with Crippen LogP contribution in [0.2, 0.25) is 10.0 Å². The number of aliphatic hydroxyl groups excluding tert-OH is 1. The Balaban J connectivity index is 1.89. The van der Waals surface area contributed by atoms with E-state index in [0.717, 1.165) is 4.31 Å². The van der Waals surface area contributed by atoms with E-state index < -0.39 is 28.3 Å². The molecule has 2 N–H and O–H groups in total. The molecule has 28 heavy (non-hydrogen) atoms. The Kier molecular flexibility index (Phi) is 5.87. The molecule has 2 aromatic rings. The zero-order valence-electron chi connectivity index (χ0n) is 14.4. The summed E-state index contributed by atoms with van der Waals surface area (Å²) < 4.78 is 32.7. The summed E-state index contributed by atoms with van der Waals surface area (Å²) in [4.78, 5) is -0.194. The van der Waals surface area contributed by atoms with Crippen molar-refractivity contribution in [1.82, 2.24) is 4.31 Å². The predicted octanol–water partition coefficient (Wildman–Crippen LogP) is 2.04. The van der Waals surface area contributed by atoms with E-state index in [9.17, 15) is 18.6 Å². The third kappa shape index (κ3) is 3.96. The number of hydrogen-bond donors (Lipinski definition) is 2. The van der Waals surface area contributed by atoms with Gasteiger partial charge in [0.25, 0.3) is 0 Å². The number of rotatable bonds is 5. The highest BCUT2D eigenvalue weighted by atomic mass is 35.5. The lowest BCUT2D eigenvalue weighted by Crippen LogP contribution is -2.48.